The second-order valence-corrected chi connectivity index (χ2v) is 3.24. The predicted octanol–water partition coefficient (Wildman–Crippen LogP) is 1.38. The zero-order valence-corrected chi connectivity index (χ0v) is 10.0. The van der Waals surface area contributed by atoms with E-state index in [-0.39, 0.29) is 12.3 Å². The molecule has 0 aromatic carbocycles. The third-order valence-corrected chi connectivity index (χ3v) is 2.18. The van der Waals surface area contributed by atoms with E-state index in [9.17, 15) is 14.9 Å². The van der Waals surface area contributed by atoms with Gasteiger partial charge in [0, 0.05) is 17.4 Å². The van der Waals surface area contributed by atoms with Gasteiger partial charge in [0.15, 0.2) is 5.71 Å². The first-order valence-electron chi connectivity index (χ1n) is 5.21. The molecule has 1 unspecified atom stereocenters. The highest BCUT2D eigenvalue weighted by Crippen LogP contribution is 2.10. The molecule has 0 saturated carbocycles. The average Bonchev–Trinajstić information content (AvgIpc) is 2.30. The summed E-state index contributed by atoms with van der Waals surface area (Å²) in [4.78, 5) is 21.4. The van der Waals surface area contributed by atoms with Crippen molar-refractivity contribution in [2.24, 2.45) is 5.16 Å². The van der Waals surface area contributed by atoms with Crippen molar-refractivity contribution >= 4 is 11.7 Å². The molecule has 0 bridgehead atoms. The Bertz CT molecular complexity index is 349. The second-order valence-electron chi connectivity index (χ2n) is 3.24. The first-order chi connectivity index (χ1) is 7.97. The third kappa shape index (κ3) is 4.62. The number of nitrogens with zero attached hydrogens (tertiary/aromatic N) is 2. The number of rotatable bonds is 6. The molecule has 0 aromatic rings. The Kier molecular flexibility index (Phi) is 6.54. The van der Waals surface area contributed by atoms with Crippen molar-refractivity contribution in [1.29, 1.82) is 0 Å². The van der Waals surface area contributed by atoms with Crippen LogP contribution in [0.4, 0.5) is 0 Å². The van der Waals surface area contributed by atoms with Crippen molar-refractivity contribution in [2.45, 2.75) is 33.2 Å². The standard InChI is InChI=1S/C10H16N2O5/c1-4-8(7(3)12(15)16)6-9(11-14)10(13)17-5-2/h6-7,14H,4-5H2,1-3H3/b8-6+,11-9+. The monoisotopic (exact) mass is 244 g/mol. The normalized spacial score (nSPS) is 14.3. The third-order valence-electron chi connectivity index (χ3n) is 2.18. The van der Waals surface area contributed by atoms with Crippen molar-refractivity contribution in [3.8, 4) is 0 Å². The molecular formula is C10H16N2O5. The minimum absolute atomic E-state index is 0.137. The topological polar surface area (TPSA) is 102 Å². The van der Waals surface area contributed by atoms with Crippen LogP contribution in [0, 0.1) is 10.1 Å². The summed E-state index contributed by atoms with van der Waals surface area (Å²) in [5, 5.41) is 22.1. The highest BCUT2D eigenvalue weighted by atomic mass is 16.6. The molecule has 1 N–H and O–H groups in total. The molecule has 7 heteroatoms. The number of nitro groups is 1. The summed E-state index contributed by atoms with van der Waals surface area (Å²) >= 11 is 0. The summed E-state index contributed by atoms with van der Waals surface area (Å²) in [7, 11) is 0. The van der Waals surface area contributed by atoms with Crippen LogP contribution >= 0.6 is 0 Å². The van der Waals surface area contributed by atoms with Gasteiger partial charge >= 0.3 is 5.97 Å². The minimum atomic E-state index is -0.939. The van der Waals surface area contributed by atoms with Gasteiger partial charge in [0.05, 0.1) is 6.61 Å². The Morgan fingerprint density at radius 1 is 1.59 bits per heavy atom. The lowest BCUT2D eigenvalue weighted by atomic mass is 10.0. The summed E-state index contributed by atoms with van der Waals surface area (Å²) < 4.78 is 4.64. The molecule has 0 amide bonds. The molecule has 0 aliphatic carbocycles. The number of carbonyl (C=O) groups is 1. The fourth-order valence-corrected chi connectivity index (χ4v) is 1.16. The van der Waals surface area contributed by atoms with E-state index in [1.807, 2.05) is 0 Å². The summed E-state index contributed by atoms with van der Waals surface area (Å²) in [5.74, 6) is -0.809. The lowest BCUT2D eigenvalue weighted by Gasteiger charge is -2.07. The van der Waals surface area contributed by atoms with Crippen molar-refractivity contribution < 1.29 is 19.7 Å². The molecule has 0 aromatic heterocycles. The Morgan fingerprint density at radius 2 is 2.18 bits per heavy atom. The van der Waals surface area contributed by atoms with Crippen LogP contribution in [0.15, 0.2) is 16.8 Å². The van der Waals surface area contributed by atoms with Crippen molar-refractivity contribution in [2.75, 3.05) is 6.61 Å². The van der Waals surface area contributed by atoms with Crippen molar-refractivity contribution in [1.82, 2.24) is 0 Å². The van der Waals surface area contributed by atoms with E-state index < -0.39 is 16.9 Å². The number of hydrogen-bond acceptors (Lipinski definition) is 6. The fourth-order valence-electron chi connectivity index (χ4n) is 1.16. The zero-order valence-electron chi connectivity index (χ0n) is 10.0. The van der Waals surface area contributed by atoms with Gasteiger partial charge < -0.3 is 9.94 Å². The maximum absolute atomic E-state index is 11.3. The van der Waals surface area contributed by atoms with E-state index in [4.69, 9.17) is 5.21 Å². The van der Waals surface area contributed by atoms with E-state index in [1.165, 1.54) is 13.0 Å². The minimum Gasteiger partial charge on any atom is -0.461 e. The van der Waals surface area contributed by atoms with E-state index >= 15 is 0 Å². The molecule has 7 nitrogen and oxygen atoms in total. The van der Waals surface area contributed by atoms with Gasteiger partial charge in [0.25, 0.3) is 0 Å². The highest BCUT2D eigenvalue weighted by molar-refractivity contribution is 6.41. The molecule has 0 fully saturated rings. The number of hydrogen-bond donors (Lipinski definition) is 1. The fraction of sp³-hybridized carbons (Fsp3) is 0.600. The lowest BCUT2D eigenvalue weighted by Crippen LogP contribution is -2.21. The SMILES string of the molecule is CCOC(=O)C(/C=C(\CC)C(C)[N+](=O)[O-])=N/O. The number of ether oxygens (including phenoxy) is 1. The smallest absolute Gasteiger partial charge is 0.360 e. The molecule has 1 atom stereocenters. The van der Waals surface area contributed by atoms with Crippen LogP contribution in [0.25, 0.3) is 0 Å². The van der Waals surface area contributed by atoms with Crippen molar-refractivity contribution in [3.05, 3.63) is 21.8 Å². The van der Waals surface area contributed by atoms with E-state index in [0.29, 0.717) is 12.0 Å². The van der Waals surface area contributed by atoms with Crippen molar-refractivity contribution in [3.63, 3.8) is 0 Å². The van der Waals surface area contributed by atoms with Crippen LogP contribution in [0.2, 0.25) is 0 Å². The lowest BCUT2D eigenvalue weighted by molar-refractivity contribution is -0.507. The quantitative estimate of drug-likeness (QED) is 0.250. The average molecular weight is 244 g/mol. The largest absolute Gasteiger partial charge is 0.461 e. The maximum Gasteiger partial charge on any atom is 0.360 e. The first kappa shape index (κ1) is 15.1. The summed E-state index contributed by atoms with van der Waals surface area (Å²) in [6.45, 7) is 4.86. The van der Waals surface area contributed by atoms with E-state index in [2.05, 4.69) is 9.89 Å². The Hall–Kier alpha value is -1.92. The van der Waals surface area contributed by atoms with Gasteiger partial charge in [-0.05, 0) is 19.4 Å². The van der Waals surface area contributed by atoms with Crippen LogP contribution in [-0.2, 0) is 9.53 Å². The summed E-state index contributed by atoms with van der Waals surface area (Å²) in [6, 6.07) is -0.939. The Labute approximate surface area is 98.9 Å². The second kappa shape index (κ2) is 7.37. The van der Waals surface area contributed by atoms with Crippen LogP contribution in [-0.4, -0.2) is 34.5 Å². The van der Waals surface area contributed by atoms with Crippen LogP contribution < -0.4 is 0 Å². The molecular weight excluding hydrogens is 228 g/mol. The van der Waals surface area contributed by atoms with Crippen LogP contribution in [0.1, 0.15) is 27.2 Å². The molecule has 0 heterocycles. The molecule has 0 spiro atoms. The number of oxime groups is 1. The van der Waals surface area contributed by atoms with Gasteiger partial charge in [-0.25, -0.2) is 4.79 Å². The van der Waals surface area contributed by atoms with Gasteiger partial charge in [-0.2, -0.15) is 0 Å². The molecule has 0 saturated heterocycles. The molecule has 0 radical (unpaired) electrons. The maximum atomic E-state index is 11.3. The Morgan fingerprint density at radius 3 is 2.53 bits per heavy atom. The molecule has 0 rings (SSSR count). The van der Waals surface area contributed by atoms with Gasteiger partial charge in [-0.3, -0.25) is 10.1 Å². The summed E-state index contributed by atoms with van der Waals surface area (Å²) in [6.07, 6.45) is 1.56. The molecule has 0 aliphatic heterocycles. The first-order valence-corrected chi connectivity index (χ1v) is 5.21. The van der Waals surface area contributed by atoms with E-state index in [1.54, 1.807) is 13.8 Å². The van der Waals surface area contributed by atoms with E-state index in [0.717, 1.165) is 0 Å². The number of carbonyl (C=O) groups excluding carboxylic acids is 1. The van der Waals surface area contributed by atoms with Gasteiger partial charge in [-0.1, -0.05) is 12.1 Å². The van der Waals surface area contributed by atoms with Crippen LogP contribution in [0.5, 0.6) is 0 Å². The summed E-state index contributed by atoms with van der Waals surface area (Å²) in [5.41, 5.74) is 0.0493. The molecule has 96 valence electrons. The van der Waals surface area contributed by atoms with Gasteiger partial charge in [0.1, 0.15) is 0 Å². The predicted molar refractivity (Wildman–Crippen MR) is 60.7 cm³/mol. The Balaban J connectivity index is 5.04. The van der Waals surface area contributed by atoms with Gasteiger partial charge in [0.2, 0.25) is 6.04 Å². The van der Waals surface area contributed by atoms with Gasteiger partial charge in [-0.15, -0.1) is 0 Å². The zero-order chi connectivity index (χ0) is 13.4. The highest BCUT2D eigenvalue weighted by Gasteiger charge is 2.20. The molecule has 0 aliphatic rings. The molecule has 17 heavy (non-hydrogen) atoms. The van der Waals surface area contributed by atoms with Crippen LogP contribution in [0.3, 0.4) is 0 Å². The number of esters is 1.